The normalized spacial score (nSPS) is 14.7. The standard InChI is InChI=1S/C25H19Cl2F3N4O4/c1-2-37-22(36)10-21(35)19(11-31)32-12-14-7-16(26)23(17(27)8-14)38-15-3-4-18-20(9-15)34(13-33-18)24(5-6-24)25(28,29)30/h3-4,7-9,13H,2,5-6,10,12H2,1H3. The van der Waals surface area contributed by atoms with Gasteiger partial charge in [-0.2, -0.15) is 18.4 Å². The first-order chi connectivity index (χ1) is 18.0. The molecule has 2 aromatic carbocycles. The number of nitriles is 1. The molecule has 0 N–H and O–H groups in total. The van der Waals surface area contributed by atoms with Crippen LogP contribution >= 0.6 is 23.2 Å². The van der Waals surface area contributed by atoms with Gasteiger partial charge in [0.25, 0.3) is 0 Å². The quantitative estimate of drug-likeness (QED) is 0.174. The van der Waals surface area contributed by atoms with Crippen molar-refractivity contribution in [3.8, 4) is 17.6 Å². The lowest BCUT2D eigenvalue weighted by molar-refractivity contribution is -0.179. The molecule has 0 bridgehead atoms. The van der Waals surface area contributed by atoms with Gasteiger partial charge in [-0.05, 0) is 49.6 Å². The van der Waals surface area contributed by atoms with Crippen molar-refractivity contribution in [2.45, 2.75) is 44.4 Å². The number of esters is 1. The third kappa shape index (κ3) is 5.47. The Morgan fingerprint density at radius 3 is 2.47 bits per heavy atom. The van der Waals surface area contributed by atoms with Gasteiger partial charge >= 0.3 is 12.1 Å². The fourth-order valence-corrected chi connectivity index (χ4v) is 4.48. The SMILES string of the molecule is CCOC(=O)CC(=O)C(C#N)=NCc1cc(Cl)c(Oc2ccc3ncn(C4(C(F)(F)F)CC4)c3c2)c(Cl)c1. The third-order valence-corrected chi connectivity index (χ3v) is 6.47. The van der Waals surface area contributed by atoms with Crippen LogP contribution in [0, 0.1) is 11.3 Å². The number of rotatable bonds is 9. The fourth-order valence-electron chi connectivity index (χ4n) is 3.87. The summed E-state index contributed by atoms with van der Waals surface area (Å²) in [5.74, 6) is -1.29. The predicted molar refractivity (Wildman–Crippen MR) is 133 cm³/mol. The smallest absolute Gasteiger partial charge is 0.411 e. The molecule has 0 unspecified atom stereocenters. The van der Waals surface area contributed by atoms with E-state index in [-0.39, 0.29) is 53.1 Å². The average molecular weight is 567 g/mol. The van der Waals surface area contributed by atoms with Gasteiger partial charge in [-0.25, -0.2) is 4.98 Å². The lowest BCUT2D eigenvalue weighted by Gasteiger charge is -2.21. The maximum absolute atomic E-state index is 13.7. The summed E-state index contributed by atoms with van der Waals surface area (Å²) >= 11 is 12.7. The zero-order valence-corrected chi connectivity index (χ0v) is 21.3. The van der Waals surface area contributed by atoms with Crippen molar-refractivity contribution in [3.63, 3.8) is 0 Å². The molecule has 0 radical (unpaired) electrons. The molecule has 1 fully saturated rings. The Morgan fingerprint density at radius 1 is 1.21 bits per heavy atom. The molecule has 1 heterocycles. The van der Waals surface area contributed by atoms with Gasteiger partial charge < -0.3 is 14.0 Å². The van der Waals surface area contributed by atoms with Crippen molar-refractivity contribution in [3.05, 3.63) is 52.3 Å². The highest BCUT2D eigenvalue weighted by Crippen LogP contribution is 2.56. The van der Waals surface area contributed by atoms with E-state index in [4.69, 9.17) is 32.7 Å². The molecule has 0 spiro atoms. The first-order valence-corrected chi connectivity index (χ1v) is 12.1. The number of aromatic nitrogens is 2. The van der Waals surface area contributed by atoms with Crippen molar-refractivity contribution < 1.29 is 32.2 Å². The number of aliphatic imine (C=N–C) groups is 1. The van der Waals surface area contributed by atoms with Crippen LogP contribution in [0.25, 0.3) is 11.0 Å². The van der Waals surface area contributed by atoms with Crippen molar-refractivity contribution in [1.82, 2.24) is 9.55 Å². The van der Waals surface area contributed by atoms with E-state index in [2.05, 4.69) is 9.98 Å². The third-order valence-electron chi connectivity index (χ3n) is 5.91. The molecule has 198 valence electrons. The van der Waals surface area contributed by atoms with Crippen molar-refractivity contribution in [1.29, 1.82) is 5.26 Å². The van der Waals surface area contributed by atoms with Crippen LogP contribution in [0.15, 0.2) is 41.7 Å². The monoisotopic (exact) mass is 566 g/mol. The van der Waals surface area contributed by atoms with E-state index in [0.717, 1.165) is 4.57 Å². The maximum Gasteiger partial charge on any atom is 0.411 e. The van der Waals surface area contributed by atoms with Crippen molar-refractivity contribution in [2.75, 3.05) is 6.61 Å². The van der Waals surface area contributed by atoms with E-state index in [1.807, 2.05) is 0 Å². The molecule has 1 aromatic heterocycles. The van der Waals surface area contributed by atoms with Gasteiger partial charge in [-0.1, -0.05) is 23.2 Å². The Labute approximate surface area is 224 Å². The molecule has 3 aromatic rings. The molecule has 0 atom stereocenters. The number of carbonyl (C=O) groups excluding carboxylic acids is 2. The number of hydrogen-bond donors (Lipinski definition) is 0. The summed E-state index contributed by atoms with van der Waals surface area (Å²) in [6.45, 7) is 1.55. The highest BCUT2D eigenvalue weighted by Gasteiger charge is 2.65. The zero-order valence-electron chi connectivity index (χ0n) is 19.8. The summed E-state index contributed by atoms with van der Waals surface area (Å²) in [6, 6.07) is 9.09. The van der Waals surface area contributed by atoms with E-state index in [9.17, 15) is 28.0 Å². The van der Waals surface area contributed by atoms with E-state index in [0.29, 0.717) is 11.1 Å². The zero-order chi connectivity index (χ0) is 27.7. The number of hydrogen-bond acceptors (Lipinski definition) is 7. The molecule has 38 heavy (non-hydrogen) atoms. The summed E-state index contributed by atoms with van der Waals surface area (Å²) in [5.41, 5.74) is -1.35. The molecular formula is C25H19Cl2F3N4O4. The van der Waals surface area contributed by atoms with E-state index >= 15 is 0 Å². The predicted octanol–water partition coefficient (Wildman–Crippen LogP) is 6.17. The lowest BCUT2D eigenvalue weighted by atomic mass is 10.2. The molecule has 1 aliphatic carbocycles. The Bertz CT molecular complexity index is 1470. The van der Waals surface area contributed by atoms with Crippen LogP contribution in [0.1, 0.15) is 31.7 Å². The Hall–Kier alpha value is -3.62. The van der Waals surface area contributed by atoms with Gasteiger partial charge in [0.15, 0.2) is 11.5 Å². The summed E-state index contributed by atoms with van der Waals surface area (Å²) in [4.78, 5) is 31.6. The van der Waals surface area contributed by atoms with Gasteiger partial charge in [0.05, 0.1) is 40.6 Å². The number of benzene rings is 2. The molecule has 1 saturated carbocycles. The fraction of sp³-hybridized carbons (Fsp3) is 0.320. The highest BCUT2D eigenvalue weighted by atomic mass is 35.5. The first kappa shape index (κ1) is 27.4. The molecule has 0 amide bonds. The number of fused-ring (bicyclic) bond motifs is 1. The maximum atomic E-state index is 13.7. The largest absolute Gasteiger partial charge is 0.466 e. The molecule has 0 aliphatic heterocycles. The summed E-state index contributed by atoms with van der Waals surface area (Å²) in [7, 11) is 0. The molecular weight excluding hydrogens is 548 g/mol. The van der Waals surface area contributed by atoms with Crippen LogP contribution in [0.4, 0.5) is 13.2 Å². The molecule has 13 heteroatoms. The number of halogens is 5. The second kappa shape index (κ2) is 10.6. The van der Waals surface area contributed by atoms with Gasteiger partial charge in [-0.15, -0.1) is 0 Å². The molecule has 0 saturated heterocycles. The molecule has 1 aliphatic rings. The summed E-state index contributed by atoms with van der Waals surface area (Å²) in [6.07, 6.45) is -3.91. The Kier molecular flexibility index (Phi) is 7.67. The van der Waals surface area contributed by atoms with Crippen LogP contribution in [0.5, 0.6) is 11.5 Å². The second-order valence-electron chi connectivity index (χ2n) is 8.47. The minimum Gasteiger partial charge on any atom is -0.466 e. The number of Topliss-reactive ketones (excluding diaryl/α,β-unsaturated/α-hetero) is 1. The summed E-state index contributed by atoms with van der Waals surface area (Å²) < 4.78 is 52.6. The van der Waals surface area contributed by atoms with Crippen LogP contribution in [-0.2, 0) is 26.4 Å². The van der Waals surface area contributed by atoms with E-state index in [1.54, 1.807) is 13.0 Å². The minimum atomic E-state index is -4.42. The van der Waals surface area contributed by atoms with Gasteiger partial charge in [-0.3, -0.25) is 14.6 Å². The number of ketones is 1. The van der Waals surface area contributed by atoms with Crippen LogP contribution < -0.4 is 4.74 Å². The first-order valence-electron chi connectivity index (χ1n) is 11.3. The van der Waals surface area contributed by atoms with Crippen molar-refractivity contribution >= 4 is 51.7 Å². The Balaban J connectivity index is 1.54. The topological polar surface area (TPSA) is 107 Å². The summed E-state index contributed by atoms with van der Waals surface area (Å²) in [5, 5.41) is 9.36. The van der Waals surface area contributed by atoms with Crippen molar-refractivity contribution in [2.24, 2.45) is 4.99 Å². The number of imidazole rings is 1. The number of alkyl halides is 3. The number of carbonyl (C=O) groups is 2. The van der Waals surface area contributed by atoms with Gasteiger partial charge in [0, 0.05) is 6.07 Å². The van der Waals surface area contributed by atoms with Gasteiger partial charge in [0.1, 0.15) is 23.8 Å². The van der Waals surface area contributed by atoms with Crippen LogP contribution in [0.2, 0.25) is 10.0 Å². The Morgan fingerprint density at radius 2 is 1.89 bits per heavy atom. The second-order valence-corrected chi connectivity index (χ2v) is 9.28. The highest BCUT2D eigenvalue weighted by molar-refractivity contribution is 6.48. The van der Waals surface area contributed by atoms with Crippen LogP contribution in [-0.4, -0.2) is 39.8 Å². The minimum absolute atomic E-state index is 0.0312. The number of ether oxygens (including phenoxy) is 2. The molecule has 8 nitrogen and oxygen atoms in total. The lowest BCUT2D eigenvalue weighted by Crippen LogP contribution is -2.34. The molecule has 4 rings (SSSR count). The number of nitrogens with zero attached hydrogens (tertiary/aromatic N) is 4. The van der Waals surface area contributed by atoms with Crippen LogP contribution in [0.3, 0.4) is 0 Å². The van der Waals surface area contributed by atoms with E-state index in [1.165, 1.54) is 36.7 Å². The van der Waals surface area contributed by atoms with Gasteiger partial charge in [0.2, 0.25) is 5.78 Å². The average Bonchev–Trinajstić information content (AvgIpc) is 3.56. The van der Waals surface area contributed by atoms with E-state index < -0.39 is 35.6 Å².